The van der Waals surface area contributed by atoms with Gasteiger partial charge in [-0.15, -0.1) is 12.4 Å². The van der Waals surface area contributed by atoms with E-state index in [-0.39, 0.29) is 12.4 Å². The maximum Gasteiger partial charge on any atom is 0.127 e. The fourth-order valence-electron chi connectivity index (χ4n) is 2.72. The lowest BCUT2D eigenvalue weighted by atomic mass is 10.2. The van der Waals surface area contributed by atoms with Crippen LogP contribution in [-0.4, -0.2) is 43.7 Å². The molecule has 5 heteroatoms. The minimum atomic E-state index is 0. The Kier molecular flexibility index (Phi) is 7.37. The van der Waals surface area contributed by atoms with Crippen LogP contribution < -0.4 is 14.8 Å². The van der Waals surface area contributed by atoms with Crippen LogP contribution in [-0.2, 0) is 0 Å². The van der Waals surface area contributed by atoms with Crippen LogP contribution in [0.2, 0.25) is 0 Å². The van der Waals surface area contributed by atoms with E-state index >= 15 is 0 Å². The zero-order valence-electron chi connectivity index (χ0n) is 14.0. The van der Waals surface area contributed by atoms with E-state index in [1.807, 2.05) is 54.6 Å². The number of hydrogen-bond acceptors (Lipinski definition) is 4. The van der Waals surface area contributed by atoms with E-state index in [1.165, 1.54) is 0 Å². The fraction of sp³-hybridized carbons (Fsp3) is 0.368. The van der Waals surface area contributed by atoms with Gasteiger partial charge in [-0.25, -0.2) is 0 Å². The third-order valence-electron chi connectivity index (χ3n) is 4.09. The summed E-state index contributed by atoms with van der Waals surface area (Å²) >= 11 is 0. The van der Waals surface area contributed by atoms with Gasteiger partial charge in [0.25, 0.3) is 0 Å². The Balaban J connectivity index is 0.00000208. The van der Waals surface area contributed by atoms with E-state index in [4.69, 9.17) is 9.47 Å². The molecule has 1 atom stereocenters. The number of nitrogens with one attached hydrogen (secondary N) is 1. The van der Waals surface area contributed by atoms with Gasteiger partial charge >= 0.3 is 0 Å². The molecule has 2 aromatic carbocycles. The van der Waals surface area contributed by atoms with Gasteiger partial charge in [0.2, 0.25) is 0 Å². The van der Waals surface area contributed by atoms with Crippen molar-refractivity contribution in [1.82, 2.24) is 10.2 Å². The van der Waals surface area contributed by atoms with Crippen molar-refractivity contribution >= 4 is 12.4 Å². The Hall–Kier alpha value is -1.75. The van der Waals surface area contributed by atoms with Crippen molar-refractivity contribution < 1.29 is 9.47 Å². The van der Waals surface area contributed by atoms with Gasteiger partial charge < -0.3 is 14.8 Å². The van der Waals surface area contributed by atoms with Crippen LogP contribution in [0.15, 0.2) is 54.6 Å². The largest absolute Gasteiger partial charge is 0.492 e. The highest BCUT2D eigenvalue weighted by Gasteiger charge is 2.17. The van der Waals surface area contributed by atoms with E-state index < -0.39 is 0 Å². The highest BCUT2D eigenvalue weighted by atomic mass is 35.5. The summed E-state index contributed by atoms with van der Waals surface area (Å²) in [5.41, 5.74) is 0. The molecule has 130 valence electrons. The molecular weight excluding hydrogens is 324 g/mol. The molecule has 0 radical (unpaired) electrons. The first kappa shape index (κ1) is 18.6. The maximum absolute atomic E-state index is 5.84. The number of para-hydroxylation sites is 1. The summed E-state index contributed by atoms with van der Waals surface area (Å²) in [6, 6.07) is 18.2. The lowest BCUT2D eigenvalue weighted by Crippen LogP contribution is -2.50. The second-order valence-electron chi connectivity index (χ2n) is 5.82. The van der Waals surface area contributed by atoms with Crippen molar-refractivity contribution in [3.8, 4) is 17.2 Å². The minimum absolute atomic E-state index is 0. The molecule has 1 saturated heterocycles. The molecule has 0 aromatic heterocycles. The second-order valence-corrected chi connectivity index (χ2v) is 5.82. The summed E-state index contributed by atoms with van der Waals surface area (Å²) in [7, 11) is 0. The Labute approximate surface area is 150 Å². The average molecular weight is 349 g/mol. The molecule has 1 heterocycles. The number of hydrogen-bond donors (Lipinski definition) is 1. The molecule has 0 amide bonds. The second kappa shape index (κ2) is 9.52. The quantitative estimate of drug-likeness (QED) is 0.865. The number of benzene rings is 2. The van der Waals surface area contributed by atoms with Crippen LogP contribution in [0.1, 0.15) is 6.92 Å². The van der Waals surface area contributed by atoms with Crippen molar-refractivity contribution in [2.45, 2.75) is 13.0 Å². The summed E-state index contributed by atoms with van der Waals surface area (Å²) < 4.78 is 11.6. The molecule has 0 bridgehead atoms. The Morgan fingerprint density at radius 2 is 1.67 bits per heavy atom. The first-order valence-electron chi connectivity index (χ1n) is 8.22. The number of piperazine rings is 1. The van der Waals surface area contributed by atoms with Gasteiger partial charge in [-0.1, -0.05) is 18.2 Å². The molecule has 0 aliphatic carbocycles. The van der Waals surface area contributed by atoms with Crippen LogP contribution in [0.4, 0.5) is 0 Å². The lowest BCUT2D eigenvalue weighted by Gasteiger charge is -2.33. The normalized spacial score (nSPS) is 17.8. The number of nitrogens with zero attached hydrogens (tertiary/aromatic N) is 1. The van der Waals surface area contributed by atoms with Gasteiger partial charge in [0.1, 0.15) is 23.9 Å². The predicted octanol–water partition coefficient (Wildman–Crippen LogP) is 3.57. The molecule has 0 spiro atoms. The van der Waals surface area contributed by atoms with Crippen LogP contribution >= 0.6 is 12.4 Å². The number of ether oxygens (including phenoxy) is 2. The fourth-order valence-corrected chi connectivity index (χ4v) is 2.72. The van der Waals surface area contributed by atoms with Gasteiger partial charge in [0, 0.05) is 32.2 Å². The summed E-state index contributed by atoms with van der Waals surface area (Å²) in [6.45, 7) is 7.14. The molecule has 3 rings (SSSR count). The minimum Gasteiger partial charge on any atom is -0.492 e. The van der Waals surface area contributed by atoms with E-state index in [1.54, 1.807) is 0 Å². The van der Waals surface area contributed by atoms with Gasteiger partial charge in [0.05, 0.1) is 0 Å². The molecule has 4 nitrogen and oxygen atoms in total. The molecule has 0 saturated carbocycles. The third kappa shape index (κ3) is 5.41. The summed E-state index contributed by atoms with van der Waals surface area (Å²) in [5, 5.41) is 3.40. The van der Waals surface area contributed by atoms with E-state index in [0.29, 0.717) is 12.6 Å². The summed E-state index contributed by atoms with van der Waals surface area (Å²) in [6.07, 6.45) is 0. The Morgan fingerprint density at radius 1 is 1.00 bits per heavy atom. The number of halogens is 1. The van der Waals surface area contributed by atoms with Crippen LogP contribution in [0.25, 0.3) is 0 Å². The average Bonchev–Trinajstić information content (AvgIpc) is 2.59. The van der Waals surface area contributed by atoms with Crippen LogP contribution in [0.3, 0.4) is 0 Å². The highest BCUT2D eigenvalue weighted by molar-refractivity contribution is 5.85. The topological polar surface area (TPSA) is 33.7 Å². The molecule has 1 N–H and O–H groups in total. The molecule has 0 unspecified atom stereocenters. The van der Waals surface area contributed by atoms with Gasteiger partial charge in [-0.3, -0.25) is 4.90 Å². The SMILES string of the molecule is C[C@H]1CNCCN1CCOc1ccc(Oc2ccccc2)cc1.Cl. The highest BCUT2D eigenvalue weighted by Crippen LogP contribution is 2.23. The van der Waals surface area contributed by atoms with Crippen molar-refractivity contribution in [2.75, 3.05) is 32.8 Å². The first-order chi connectivity index (χ1) is 11.3. The van der Waals surface area contributed by atoms with Crippen molar-refractivity contribution in [1.29, 1.82) is 0 Å². The monoisotopic (exact) mass is 348 g/mol. The molecule has 24 heavy (non-hydrogen) atoms. The molecular formula is C19H25ClN2O2. The third-order valence-corrected chi connectivity index (χ3v) is 4.09. The Bertz CT molecular complexity index is 592. The number of rotatable bonds is 6. The standard InChI is InChI=1S/C19H24N2O2.ClH/c1-16-15-20-11-12-21(16)13-14-22-17-7-9-19(10-8-17)23-18-5-3-2-4-6-18;/h2-10,16,20H,11-15H2,1H3;1H/t16-;/m0./s1. The van der Waals surface area contributed by atoms with Gasteiger partial charge in [0.15, 0.2) is 0 Å². The Morgan fingerprint density at radius 3 is 2.38 bits per heavy atom. The van der Waals surface area contributed by atoms with E-state index in [9.17, 15) is 0 Å². The molecule has 2 aromatic rings. The molecule has 1 aliphatic rings. The smallest absolute Gasteiger partial charge is 0.127 e. The van der Waals surface area contributed by atoms with Gasteiger partial charge in [-0.2, -0.15) is 0 Å². The van der Waals surface area contributed by atoms with Crippen LogP contribution in [0, 0.1) is 0 Å². The van der Waals surface area contributed by atoms with Crippen LogP contribution in [0.5, 0.6) is 17.2 Å². The predicted molar refractivity (Wildman–Crippen MR) is 99.6 cm³/mol. The lowest BCUT2D eigenvalue weighted by molar-refractivity contribution is 0.143. The van der Waals surface area contributed by atoms with Gasteiger partial charge in [-0.05, 0) is 43.3 Å². The van der Waals surface area contributed by atoms with Crippen molar-refractivity contribution in [3.63, 3.8) is 0 Å². The zero-order valence-corrected chi connectivity index (χ0v) is 14.8. The maximum atomic E-state index is 5.84. The van der Waals surface area contributed by atoms with Crippen molar-refractivity contribution in [3.05, 3.63) is 54.6 Å². The first-order valence-corrected chi connectivity index (χ1v) is 8.22. The molecule has 1 fully saturated rings. The van der Waals surface area contributed by atoms with Crippen molar-refractivity contribution in [2.24, 2.45) is 0 Å². The summed E-state index contributed by atoms with van der Waals surface area (Å²) in [4.78, 5) is 2.46. The molecule has 1 aliphatic heterocycles. The summed E-state index contributed by atoms with van der Waals surface area (Å²) in [5.74, 6) is 2.54. The van der Waals surface area contributed by atoms with E-state index in [2.05, 4.69) is 17.1 Å². The zero-order chi connectivity index (χ0) is 15.9. The van der Waals surface area contributed by atoms with E-state index in [0.717, 1.165) is 43.4 Å².